The van der Waals surface area contributed by atoms with Gasteiger partial charge in [0, 0.05) is 25.2 Å². The fraction of sp³-hybridized carbons (Fsp3) is 0.818. The molecule has 5 heteroatoms. The molecule has 1 aromatic rings. The molecule has 0 radical (unpaired) electrons. The van der Waals surface area contributed by atoms with E-state index in [1.165, 1.54) is 12.8 Å². The number of rotatable bonds is 3. The molecule has 1 aromatic heterocycles. The van der Waals surface area contributed by atoms with E-state index in [4.69, 9.17) is 4.63 Å². The van der Waals surface area contributed by atoms with E-state index in [0.29, 0.717) is 5.54 Å². The van der Waals surface area contributed by atoms with Crippen molar-refractivity contribution in [3.8, 4) is 0 Å². The van der Waals surface area contributed by atoms with Crippen molar-refractivity contribution in [2.45, 2.75) is 38.8 Å². The summed E-state index contributed by atoms with van der Waals surface area (Å²) in [6.45, 7) is 7.28. The van der Waals surface area contributed by atoms with E-state index in [1.807, 2.05) is 14.0 Å². The Hall–Kier alpha value is -0.940. The van der Waals surface area contributed by atoms with E-state index >= 15 is 0 Å². The van der Waals surface area contributed by atoms with E-state index in [1.54, 1.807) is 0 Å². The Labute approximate surface area is 96.2 Å². The number of nitrogens with zero attached hydrogens (tertiary/aromatic N) is 3. The van der Waals surface area contributed by atoms with E-state index in [2.05, 4.69) is 27.5 Å². The maximum absolute atomic E-state index is 4.71. The largest absolute Gasteiger partial charge is 0.314 e. The zero-order valence-corrected chi connectivity index (χ0v) is 10.3. The van der Waals surface area contributed by atoms with Crippen LogP contribution in [0.1, 0.15) is 31.2 Å². The van der Waals surface area contributed by atoms with E-state index < -0.39 is 0 Å². The molecule has 0 aromatic carbocycles. The third-order valence-corrected chi connectivity index (χ3v) is 3.68. The summed E-state index contributed by atoms with van der Waals surface area (Å²) in [5.74, 6) is 0. The van der Waals surface area contributed by atoms with Gasteiger partial charge >= 0.3 is 0 Å². The second-order valence-corrected chi connectivity index (χ2v) is 4.88. The second kappa shape index (κ2) is 4.51. The van der Waals surface area contributed by atoms with Crippen molar-refractivity contribution in [3.05, 3.63) is 11.4 Å². The van der Waals surface area contributed by atoms with E-state index in [-0.39, 0.29) is 0 Å². The highest BCUT2D eigenvalue weighted by Gasteiger charge is 2.28. The molecule has 1 aliphatic heterocycles. The standard InChI is InChI=1S/C11H20N4O/c1-9-10(14-16-13-9)8-15-6-4-11(2,12-3)5-7-15/h12H,4-8H2,1-3H3. The van der Waals surface area contributed by atoms with Crippen molar-refractivity contribution >= 4 is 0 Å². The Kier molecular flexibility index (Phi) is 3.25. The zero-order valence-electron chi connectivity index (χ0n) is 10.3. The van der Waals surface area contributed by atoms with Crippen LogP contribution in [0.15, 0.2) is 4.63 Å². The monoisotopic (exact) mass is 224 g/mol. The lowest BCUT2D eigenvalue weighted by atomic mass is 9.90. The van der Waals surface area contributed by atoms with Crippen LogP contribution in [-0.2, 0) is 6.54 Å². The van der Waals surface area contributed by atoms with Gasteiger partial charge in [0.1, 0.15) is 11.4 Å². The third kappa shape index (κ3) is 2.41. The molecule has 1 N–H and O–H groups in total. The van der Waals surface area contributed by atoms with Crippen molar-refractivity contribution in [3.63, 3.8) is 0 Å². The van der Waals surface area contributed by atoms with Gasteiger partial charge in [-0.25, -0.2) is 4.63 Å². The van der Waals surface area contributed by atoms with Gasteiger partial charge in [-0.05, 0) is 33.7 Å². The van der Waals surface area contributed by atoms with Gasteiger partial charge in [0.15, 0.2) is 0 Å². The first-order valence-corrected chi connectivity index (χ1v) is 5.82. The molecule has 0 amide bonds. The lowest BCUT2D eigenvalue weighted by molar-refractivity contribution is 0.143. The predicted octanol–water partition coefficient (Wildman–Crippen LogP) is 0.952. The van der Waals surface area contributed by atoms with Crippen LogP contribution in [0, 0.1) is 6.92 Å². The Morgan fingerprint density at radius 1 is 1.38 bits per heavy atom. The molecule has 1 saturated heterocycles. The quantitative estimate of drug-likeness (QED) is 0.828. The summed E-state index contributed by atoms with van der Waals surface area (Å²) in [6, 6.07) is 0. The number of hydrogen-bond acceptors (Lipinski definition) is 5. The highest BCUT2D eigenvalue weighted by atomic mass is 16.6. The Balaban J connectivity index is 1.88. The number of piperidine rings is 1. The molecule has 0 spiro atoms. The third-order valence-electron chi connectivity index (χ3n) is 3.68. The molecule has 1 aliphatic rings. The molecule has 1 fully saturated rings. The summed E-state index contributed by atoms with van der Waals surface area (Å²) in [5.41, 5.74) is 2.17. The molecular formula is C11H20N4O. The minimum absolute atomic E-state index is 0.299. The Bertz CT molecular complexity index is 342. The van der Waals surface area contributed by atoms with Crippen LogP contribution < -0.4 is 5.32 Å². The summed E-state index contributed by atoms with van der Waals surface area (Å²) in [6.07, 6.45) is 2.35. The summed E-state index contributed by atoms with van der Waals surface area (Å²) in [4.78, 5) is 2.41. The van der Waals surface area contributed by atoms with Crippen LogP contribution in [0.25, 0.3) is 0 Å². The van der Waals surface area contributed by atoms with Crippen molar-refractivity contribution < 1.29 is 4.63 Å². The molecule has 0 bridgehead atoms. The average molecular weight is 224 g/mol. The molecule has 5 nitrogen and oxygen atoms in total. The fourth-order valence-electron chi connectivity index (χ4n) is 2.06. The first kappa shape index (κ1) is 11.5. The van der Waals surface area contributed by atoms with Crippen LogP contribution in [0.2, 0.25) is 0 Å². The number of nitrogens with one attached hydrogen (secondary N) is 1. The molecule has 2 heterocycles. The first-order valence-electron chi connectivity index (χ1n) is 5.82. The van der Waals surface area contributed by atoms with Gasteiger partial charge < -0.3 is 5.32 Å². The lowest BCUT2D eigenvalue weighted by Crippen LogP contribution is -2.49. The Morgan fingerprint density at radius 2 is 2.06 bits per heavy atom. The summed E-state index contributed by atoms with van der Waals surface area (Å²) < 4.78 is 4.71. The molecule has 0 unspecified atom stereocenters. The maximum atomic E-state index is 4.71. The number of aromatic nitrogens is 2. The van der Waals surface area contributed by atoms with Gasteiger partial charge in [-0.2, -0.15) is 0 Å². The SMILES string of the molecule is CNC1(C)CCN(Cc2nonc2C)CC1. The highest BCUT2D eigenvalue weighted by molar-refractivity contribution is 5.04. The summed E-state index contributed by atoms with van der Waals surface area (Å²) in [5, 5.41) is 11.1. The van der Waals surface area contributed by atoms with Gasteiger partial charge in [-0.3, -0.25) is 4.90 Å². The molecular weight excluding hydrogens is 204 g/mol. The van der Waals surface area contributed by atoms with Gasteiger partial charge in [-0.1, -0.05) is 10.3 Å². The van der Waals surface area contributed by atoms with Gasteiger partial charge in [0.05, 0.1) is 0 Å². The average Bonchev–Trinajstić information content (AvgIpc) is 2.68. The lowest BCUT2D eigenvalue weighted by Gasteiger charge is -2.39. The first-order chi connectivity index (χ1) is 7.63. The number of likely N-dealkylation sites (tertiary alicyclic amines) is 1. The van der Waals surface area contributed by atoms with E-state index in [0.717, 1.165) is 31.0 Å². The summed E-state index contributed by atoms with van der Waals surface area (Å²) in [7, 11) is 2.04. The van der Waals surface area contributed by atoms with Crippen LogP contribution in [0.3, 0.4) is 0 Å². The normalized spacial score (nSPS) is 21.2. The minimum atomic E-state index is 0.299. The van der Waals surface area contributed by atoms with Gasteiger partial charge in [0.25, 0.3) is 0 Å². The number of hydrogen-bond donors (Lipinski definition) is 1. The van der Waals surface area contributed by atoms with E-state index in [9.17, 15) is 0 Å². The van der Waals surface area contributed by atoms with Crippen molar-refractivity contribution in [2.24, 2.45) is 0 Å². The van der Waals surface area contributed by atoms with Crippen LogP contribution in [0.5, 0.6) is 0 Å². The molecule has 0 aliphatic carbocycles. The molecule has 0 atom stereocenters. The predicted molar refractivity (Wildman–Crippen MR) is 61.0 cm³/mol. The Morgan fingerprint density at radius 3 is 2.56 bits per heavy atom. The molecule has 0 saturated carbocycles. The molecule has 90 valence electrons. The van der Waals surface area contributed by atoms with Crippen molar-refractivity contribution in [1.29, 1.82) is 0 Å². The fourth-order valence-corrected chi connectivity index (χ4v) is 2.06. The highest BCUT2D eigenvalue weighted by Crippen LogP contribution is 2.22. The second-order valence-electron chi connectivity index (χ2n) is 4.88. The maximum Gasteiger partial charge on any atom is 0.122 e. The molecule has 2 rings (SSSR count). The van der Waals surface area contributed by atoms with Crippen molar-refractivity contribution in [2.75, 3.05) is 20.1 Å². The van der Waals surface area contributed by atoms with Crippen LogP contribution in [-0.4, -0.2) is 40.9 Å². The number of aryl methyl sites for hydroxylation is 1. The van der Waals surface area contributed by atoms with Crippen LogP contribution in [0.4, 0.5) is 0 Å². The smallest absolute Gasteiger partial charge is 0.122 e. The minimum Gasteiger partial charge on any atom is -0.314 e. The summed E-state index contributed by atoms with van der Waals surface area (Å²) >= 11 is 0. The van der Waals surface area contributed by atoms with Crippen molar-refractivity contribution in [1.82, 2.24) is 20.5 Å². The zero-order chi connectivity index (χ0) is 11.6. The topological polar surface area (TPSA) is 54.2 Å². The molecule has 16 heavy (non-hydrogen) atoms. The van der Waals surface area contributed by atoms with Gasteiger partial charge in [0.2, 0.25) is 0 Å². The van der Waals surface area contributed by atoms with Crippen LogP contribution >= 0.6 is 0 Å². The van der Waals surface area contributed by atoms with Gasteiger partial charge in [-0.15, -0.1) is 0 Å².